The number of rotatable bonds is 2. The Hall–Kier alpha value is -0.323. The van der Waals surface area contributed by atoms with Gasteiger partial charge < -0.3 is 13.9 Å². The van der Waals surface area contributed by atoms with Crippen molar-refractivity contribution in [1.29, 1.82) is 0 Å². The molecule has 0 bridgehead atoms. The summed E-state index contributed by atoms with van der Waals surface area (Å²) in [5.41, 5.74) is 0.182. The summed E-state index contributed by atoms with van der Waals surface area (Å²) < 4.78 is 17.7. The van der Waals surface area contributed by atoms with Gasteiger partial charge in [-0.1, -0.05) is 0 Å². The normalized spacial score (nSPS) is 26.8. The van der Waals surface area contributed by atoms with Crippen LogP contribution in [0.1, 0.15) is 33.1 Å². The second-order valence-corrected chi connectivity index (χ2v) is 11.5. The van der Waals surface area contributed by atoms with Crippen LogP contribution in [0.2, 0.25) is 19.6 Å². The minimum Gasteiger partial charge on any atom is -0.548 e. The molecule has 0 amide bonds. The first-order valence-electron chi connectivity index (χ1n) is 6.86. The Bertz CT molecular complexity index is 331. The SMILES string of the molecule is CC1(C)OCC2(CC=C(O[Si](C)(C)C)CC2)CO1. The van der Waals surface area contributed by atoms with Crippen LogP contribution in [0.4, 0.5) is 0 Å². The van der Waals surface area contributed by atoms with Gasteiger partial charge in [-0.25, -0.2) is 0 Å². The number of allylic oxidation sites excluding steroid dienone is 2. The molecule has 1 spiro atoms. The van der Waals surface area contributed by atoms with Crippen LogP contribution in [0.3, 0.4) is 0 Å². The second kappa shape index (κ2) is 4.65. The Morgan fingerprint density at radius 3 is 2.22 bits per heavy atom. The van der Waals surface area contributed by atoms with Gasteiger partial charge in [0, 0.05) is 11.8 Å². The van der Waals surface area contributed by atoms with Gasteiger partial charge in [-0.2, -0.15) is 0 Å². The van der Waals surface area contributed by atoms with Gasteiger partial charge in [0.1, 0.15) is 0 Å². The molecule has 0 aromatic carbocycles. The summed E-state index contributed by atoms with van der Waals surface area (Å²) in [5.74, 6) is 0.772. The Morgan fingerprint density at radius 2 is 1.78 bits per heavy atom. The lowest BCUT2D eigenvalue weighted by molar-refractivity contribution is -0.286. The van der Waals surface area contributed by atoms with E-state index in [1.165, 1.54) is 5.76 Å². The van der Waals surface area contributed by atoms with Crippen LogP contribution in [-0.4, -0.2) is 27.3 Å². The van der Waals surface area contributed by atoms with Crippen molar-refractivity contribution in [2.45, 2.75) is 58.5 Å². The van der Waals surface area contributed by atoms with Crippen molar-refractivity contribution < 1.29 is 13.9 Å². The zero-order valence-electron chi connectivity index (χ0n) is 12.3. The molecule has 0 radical (unpaired) electrons. The molecule has 0 aromatic rings. The molecule has 1 aliphatic heterocycles. The van der Waals surface area contributed by atoms with Gasteiger partial charge in [-0.05, 0) is 52.4 Å². The van der Waals surface area contributed by atoms with Gasteiger partial charge in [0.2, 0.25) is 8.32 Å². The largest absolute Gasteiger partial charge is 0.548 e. The van der Waals surface area contributed by atoms with Crippen LogP contribution in [0.25, 0.3) is 0 Å². The summed E-state index contributed by atoms with van der Waals surface area (Å²) >= 11 is 0. The molecular formula is C14H26O3Si. The van der Waals surface area contributed by atoms with Crippen molar-refractivity contribution in [3.8, 4) is 0 Å². The van der Waals surface area contributed by atoms with E-state index in [1.54, 1.807) is 0 Å². The van der Waals surface area contributed by atoms with Crippen LogP contribution in [0, 0.1) is 5.41 Å². The highest BCUT2D eigenvalue weighted by Gasteiger charge is 2.41. The average Bonchev–Trinajstić information content (AvgIpc) is 2.24. The summed E-state index contributed by atoms with van der Waals surface area (Å²) in [4.78, 5) is 0. The van der Waals surface area contributed by atoms with Gasteiger partial charge in [0.15, 0.2) is 5.79 Å². The first kappa shape index (κ1) is 14.1. The number of hydrogen-bond donors (Lipinski definition) is 0. The summed E-state index contributed by atoms with van der Waals surface area (Å²) in [5, 5.41) is 0. The maximum absolute atomic E-state index is 6.07. The highest BCUT2D eigenvalue weighted by atomic mass is 28.4. The lowest BCUT2D eigenvalue weighted by atomic mass is 9.77. The third kappa shape index (κ3) is 3.59. The summed E-state index contributed by atoms with van der Waals surface area (Å²) in [6.07, 6.45) is 5.41. The van der Waals surface area contributed by atoms with Gasteiger partial charge in [0.05, 0.1) is 19.0 Å². The maximum atomic E-state index is 6.07. The van der Waals surface area contributed by atoms with E-state index in [0.717, 1.165) is 32.5 Å². The molecule has 3 nitrogen and oxygen atoms in total. The van der Waals surface area contributed by atoms with Crippen LogP contribution in [0.15, 0.2) is 11.8 Å². The van der Waals surface area contributed by atoms with Crippen LogP contribution < -0.4 is 0 Å². The predicted octanol–water partition coefficient (Wildman–Crippen LogP) is 3.68. The molecule has 0 saturated carbocycles. The Morgan fingerprint density at radius 1 is 1.17 bits per heavy atom. The molecule has 104 valence electrons. The topological polar surface area (TPSA) is 27.7 Å². The lowest BCUT2D eigenvalue weighted by Crippen LogP contribution is -2.47. The minimum atomic E-state index is -1.46. The molecule has 1 saturated heterocycles. The van der Waals surface area contributed by atoms with E-state index in [9.17, 15) is 0 Å². The molecule has 1 aliphatic carbocycles. The molecule has 0 unspecified atom stereocenters. The fraction of sp³-hybridized carbons (Fsp3) is 0.857. The Balaban J connectivity index is 1.93. The van der Waals surface area contributed by atoms with E-state index in [0.29, 0.717) is 0 Å². The third-order valence-electron chi connectivity index (χ3n) is 3.55. The number of ether oxygens (including phenoxy) is 2. The second-order valence-electron chi connectivity index (χ2n) is 7.07. The average molecular weight is 270 g/mol. The van der Waals surface area contributed by atoms with Crippen LogP contribution >= 0.6 is 0 Å². The Kier molecular flexibility index (Phi) is 3.64. The molecule has 0 N–H and O–H groups in total. The van der Waals surface area contributed by atoms with Crippen LogP contribution in [0.5, 0.6) is 0 Å². The summed E-state index contributed by atoms with van der Waals surface area (Å²) in [6.45, 7) is 12.3. The molecule has 4 heteroatoms. The highest BCUT2D eigenvalue weighted by molar-refractivity contribution is 6.70. The maximum Gasteiger partial charge on any atom is 0.241 e. The highest BCUT2D eigenvalue weighted by Crippen LogP contribution is 2.41. The molecule has 0 aromatic heterocycles. The molecule has 2 rings (SSSR count). The van der Waals surface area contributed by atoms with E-state index in [-0.39, 0.29) is 5.41 Å². The smallest absolute Gasteiger partial charge is 0.241 e. The van der Waals surface area contributed by atoms with Crippen LogP contribution in [-0.2, 0) is 13.9 Å². The van der Waals surface area contributed by atoms with Gasteiger partial charge >= 0.3 is 0 Å². The first-order chi connectivity index (χ1) is 8.20. The quantitative estimate of drug-likeness (QED) is 0.716. The van der Waals surface area contributed by atoms with E-state index in [1.807, 2.05) is 13.8 Å². The summed E-state index contributed by atoms with van der Waals surface area (Å²) in [7, 11) is -1.46. The van der Waals surface area contributed by atoms with E-state index >= 15 is 0 Å². The van der Waals surface area contributed by atoms with Crippen molar-refractivity contribution >= 4 is 8.32 Å². The third-order valence-corrected chi connectivity index (χ3v) is 4.43. The number of hydrogen-bond acceptors (Lipinski definition) is 3. The van der Waals surface area contributed by atoms with Crippen molar-refractivity contribution in [1.82, 2.24) is 0 Å². The van der Waals surface area contributed by atoms with Crippen molar-refractivity contribution in [3.05, 3.63) is 11.8 Å². The van der Waals surface area contributed by atoms with Crippen molar-refractivity contribution in [2.24, 2.45) is 5.41 Å². The fourth-order valence-electron chi connectivity index (χ4n) is 2.41. The fourth-order valence-corrected chi connectivity index (χ4v) is 3.38. The molecule has 2 aliphatic rings. The minimum absolute atomic E-state index is 0.182. The van der Waals surface area contributed by atoms with Gasteiger partial charge in [-0.3, -0.25) is 0 Å². The molecule has 1 fully saturated rings. The predicted molar refractivity (Wildman–Crippen MR) is 74.8 cm³/mol. The summed E-state index contributed by atoms with van der Waals surface area (Å²) in [6, 6.07) is 0. The van der Waals surface area contributed by atoms with Gasteiger partial charge in [-0.15, -0.1) is 0 Å². The zero-order valence-corrected chi connectivity index (χ0v) is 13.3. The lowest BCUT2D eigenvalue weighted by Gasteiger charge is -2.45. The van der Waals surface area contributed by atoms with E-state index in [2.05, 4.69) is 25.7 Å². The molecule has 18 heavy (non-hydrogen) atoms. The molecule has 1 heterocycles. The first-order valence-corrected chi connectivity index (χ1v) is 10.3. The molecule has 0 atom stereocenters. The standard InChI is InChI=1S/C14H26O3Si/c1-13(2)15-10-14(11-16-13)8-6-12(7-9-14)17-18(3,4)5/h6H,7-11H2,1-5H3. The van der Waals surface area contributed by atoms with Crippen molar-refractivity contribution in [2.75, 3.05) is 13.2 Å². The van der Waals surface area contributed by atoms with E-state index < -0.39 is 14.1 Å². The molecular weight excluding hydrogens is 244 g/mol. The monoisotopic (exact) mass is 270 g/mol. The zero-order chi connectivity index (χ0) is 13.4. The van der Waals surface area contributed by atoms with Crippen molar-refractivity contribution in [3.63, 3.8) is 0 Å². The van der Waals surface area contributed by atoms with E-state index in [4.69, 9.17) is 13.9 Å². The Labute approximate surface area is 112 Å². The van der Waals surface area contributed by atoms with Gasteiger partial charge in [0.25, 0.3) is 0 Å².